The van der Waals surface area contributed by atoms with Crippen LogP contribution in [0.1, 0.15) is 29.8 Å². The molecule has 5 rings (SSSR count). The number of rotatable bonds is 4. The highest BCUT2D eigenvalue weighted by atomic mass is 32.2. The van der Waals surface area contributed by atoms with Crippen molar-refractivity contribution in [3.8, 4) is 11.3 Å². The average molecular weight is 504 g/mol. The molecule has 1 N–H and O–H groups in total. The third kappa shape index (κ3) is 6.77. The molecule has 0 spiro atoms. The minimum Gasteiger partial charge on any atom is -0.388 e. The van der Waals surface area contributed by atoms with Gasteiger partial charge in [0.15, 0.2) is 0 Å². The first-order valence-electron chi connectivity index (χ1n) is 12.0. The van der Waals surface area contributed by atoms with E-state index in [2.05, 4.69) is 54.7 Å². The van der Waals surface area contributed by atoms with Crippen molar-refractivity contribution in [1.82, 2.24) is 4.98 Å². The van der Waals surface area contributed by atoms with Gasteiger partial charge < -0.3 is 10.1 Å². The number of carbonyl (C=O) groups excluding carboxylic acids is 1. The number of para-hydroxylation sites is 1. The van der Waals surface area contributed by atoms with E-state index in [-0.39, 0.29) is 5.94 Å². The van der Waals surface area contributed by atoms with Crippen LogP contribution in [0.4, 0.5) is 11.4 Å². The minimum atomic E-state index is -1.11. The van der Waals surface area contributed by atoms with Crippen LogP contribution in [0.25, 0.3) is 22.2 Å². The van der Waals surface area contributed by atoms with Crippen molar-refractivity contribution in [2.45, 2.75) is 20.8 Å². The first kappa shape index (κ1) is 27.0. The molecule has 0 radical (unpaired) electrons. The van der Waals surface area contributed by atoms with Crippen LogP contribution in [0.2, 0.25) is 0 Å². The summed E-state index contributed by atoms with van der Waals surface area (Å²) in [5.74, 6) is 0.245. The third-order valence-electron chi connectivity index (χ3n) is 5.59. The predicted octanol–water partition coefficient (Wildman–Crippen LogP) is 6.24. The Morgan fingerprint density at radius 1 is 1.00 bits per heavy atom. The fraction of sp³-hybridized carbons (Fsp3) is 0.241. The molecule has 1 aliphatic heterocycles. The topological polar surface area (TPSA) is 71.5 Å². The average Bonchev–Trinajstić information content (AvgIpc) is 2.95. The van der Waals surface area contributed by atoms with E-state index in [9.17, 15) is 9.00 Å². The summed E-state index contributed by atoms with van der Waals surface area (Å²) < 4.78 is 18.4. The van der Waals surface area contributed by atoms with Gasteiger partial charge in [0.1, 0.15) is 23.2 Å². The van der Waals surface area contributed by atoms with Crippen molar-refractivity contribution >= 4 is 39.5 Å². The number of benzene rings is 3. The summed E-state index contributed by atoms with van der Waals surface area (Å²) in [4.78, 5) is 15.2. The highest BCUT2D eigenvalue weighted by Gasteiger charge is 2.18. The molecular formula is C29H33N3O3S. The molecular weight excluding hydrogens is 470 g/mol. The lowest BCUT2D eigenvalue weighted by atomic mass is 10.0. The summed E-state index contributed by atoms with van der Waals surface area (Å²) in [5.41, 5.74) is 7.07. The Morgan fingerprint density at radius 3 is 2.44 bits per heavy atom. The predicted molar refractivity (Wildman–Crippen MR) is 151 cm³/mol. The van der Waals surface area contributed by atoms with Crippen LogP contribution in [0, 0.1) is 6.92 Å². The monoisotopic (exact) mass is 503 g/mol. The van der Waals surface area contributed by atoms with Crippen LogP contribution in [0.5, 0.6) is 0 Å². The highest BCUT2D eigenvalue weighted by molar-refractivity contribution is 7.86. The fourth-order valence-electron chi connectivity index (χ4n) is 3.68. The van der Waals surface area contributed by atoms with E-state index in [1.165, 1.54) is 16.5 Å². The SMILES string of the molecule is CC.CNc1ccc(C)c(-c2ccc3ccccc3n2)c1.O=Cc1ccc(N2CCOCS2=O)cc1. The minimum absolute atomic E-state index is 0.245. The molecule has 188 valence electrons. The first-order chi connectivity index (χ1) is 17.6. The molecule has 0 amide bonds. The van der Waals surface area contributed by atoms with E-state index >= 15 is 0 Å². The van der Waals surface area contributed by atoms with E-state index in [0.717, 1.165) is 28.9 Å². The zero-order valence-electron chi connectivity index (χ0n) is 21.2. The maximum Gasteiger partial charge on any atom is 0.150 e. The van der Waals surface area contributed by atoms with E-state index in [4.69, 9.17) is 9.72 Å². The van der Waals surface area contributed by atoms with Crippen LogP contribution in [0.3, 0.4) is 0 Å². The molecule has 7 heteroatoms. The van der Waals surface area contributed by atoms with Crippen molar-refractivity contribution in [1.29, 1.82) is 0 Å². The van der Waals surface area contributed by atoms with E-state index in [0.29, 0.717) is 18.7 Å². The summed E-state index contributed by atoms with van der Waals surface area (Å²) in [7, 11) is 0.818. The van der Waals surface area contributed by atoms with Crippen molar-refractivity contribution in [2.24, 2.45) is 0 Å². The normalized spacial score (nSPS) is 14.7. The number of aromatic nitrogens is 1. The van der Waals surface area contributed by atoms with Gasteiger partial charge >= 0.3 is 0 Å². The maximum atomic E-state index is 11.6. The van der Waals surface area contributed by atoms with Crippen LogP contribution in [0.15, 0.2) is 78.9 Å². The number of pyridine rings is 1. The third-order valence-corrected chi connectivity index (χ3v) is 6.84. The van der Waals surface area contributed by atoms with Crippen LogP contribution in [-0.4, -0.2) is 41.6 Å². The van der Waals surface area contributed by atoms with Gasteiger partial charge in [-0.3, -0.25) is 9.10 Å². The van der Waals surface area contributed by atoms with Gasteiger partial charge in [-0.25, -0.2) is 9.19 Å². The number of nitrogens with one attached hydrogen (secondary N) is 1. The number of carbonyl (C=O) groups is 1. The van der Waals surface area contributed by atoms with Crippen LogP contribution < -0.4 is 9.62 Å². The first-order valence-corrected chi connectivity index (χ1v) is 13.3. The van der Waals surface area contributed by atoms with Gasteiger partial charge in [0.05, 0.1) is 24.4 Å². The number of ether oxygens (including phenoxy) is 1. The number of fused-ring (bicyclic) bond motifs is 1. The Kier molecular flexibility index (Phi) is 10.2. The van der Waals surface area contributed by atoms with Crippen LogP contribution >= 0.6 is 0 Å². The second-order valence-corrected chi connectivity index (χ2v) is 9.15. The van der Waals surface area contributed by atoms with Gasteiger partial charge in [0.25, 0.3) is 0 Å². The zero-order valence-corrected chi connectivity index (χ0v) is 22.0. The van der Waals surface area contributed by atoms with Gasteiger partial charge in [-0.2, -0.15) is 0 Å². The number of nitrogens with zero attached hydrogens (tertiary/aromatic N) is 2. The van der Waals surface area contributed by atoms with Crippen molar-refractivity contribution in [3.05, 3.63) is 90.0 Å². The molecule has 3 aromatic carbocycles. The molecule has 0 bridgehead atoms. The summed E-state index contributed by atoms with van der Waals surface area (Å²) in [6.07, 6.45) is 0.792. The van der Waals surface area contributed by atoms with E-state index in [1.54, 1.807) is 28.6 Å². The van der Waals surface area contributed by atoms with Gasteiger partial charge in [-0.15, -0.1) is 0 Å². The molecule has 6 nitrogen and oxygen atoms in total. The van der Waals surface area contributed by atoms with Crippen molar-refractivity contribution < 1.29 is 13.7 Å². The summed E-state index contributed by atoms with van der Waals surface area (Å²) in [6, 6.07) is 25.8. The molecule has 1 aromatic heterocycles. The Balaban J connectivity index is 0.000000193. The quantitative estimate of drug-likeness (QED) is 0.334. The number of hydrogen-bond donors (Lipinski definition) is 1. The van der Waals surface area contributed by atoms with Crippen molar-refractivity contribution in [3.63, 3.8) is 0 Å². The summed E-state index contributed by atoms with van der Waals surface area (Å²) in [5, 5.41) is 4.35. The van der Waals surface area contributed by atoms with Crippen molar-refractivity contribution in [2.75, 3.05) is 35.8 Å². The molecule has 1 atom stereocenters. The highest BCUT2D eigenvalue weighted by Crippen LogP contribution is 2.26. The van der Waals surface area contributed by atoms with Crippen LogP contribution in [-0.2, 0) is 15.7 Å². The smallest absolute Gasteiger partial charge is 0.150 e. The number of anilines is 2. The van der Waals surface area contributed by atoms with Gasteiger partial charge in [0.2, 0.25) is 0 Å². The lowest BCUT2D eigenvalue weighted by molar-refractivity contribution is 0.112. The largest absolute Gasteiger partial charge is 0.388 e. The molecule has 0 saturated carbocycles. The lowest BCUT2D eigenvalue weighted by Crippen LogP contribution is -2.36. The van der Waals surface area contributed by atoms with E-state index in [1.807, 2.05) is 33.0 Å². The molecule has 4 aromatic rings. The van der Waals surface area contributed by atoms with Gasteiger partial charge in [-0.1, -0.05) is 44.2 Å². The molecule has 0 aliphatic carbocycles. The molecule has 2 heterocycles. The molecule has 1 unspecified atom stereocenters. The number of aldehydes is 1. The van der Waals surface area contributed by atoms with Gasteiger partial charge in [-0.05, 0) is 61.0 Å². The second kappa shape index (κ2) is 13.5. The zero-order chi connectivity index (χ0) is 25.9. The second-order valence-electron chi connectivity index (χ2n) is 7.83. The molecule has 1 saturated heterocycles. The number of hydrogen-bond acceptors (Lipinski definition) is 5. The summed E-state index contributed by atoms with van der Waals surface area (Å²) >= 11 is 0. The summed E-state index contributed by atoms with van der Waals surface area (Å²) in [6.45, 7) is 7.32. The Bertz CT molecular complexity index is 1310. The Labute approximate surface area is 215 Å². The Morgan fingerprint density at radius 2 is 1.75 bits per heavy atom. The van der Waals surface area contributed by atoms with Gasteiger partial charge in [0, 0.05) is 34.9 Å². The molecule has 1 aliphatic rings. The lowest BCUT2D eigenvalue weighted by Gasteiger charge is -2.27. The fourth-order valence-corrected chi connectivity index (χ4v) is 4.70. The number of aryl methyl sites for hydroxylation is 1. The van der Waals surface area contributed by atoms with E-state index < -0.39 is 11.0 Å². The Hall–Kier alpha value is -3.55. The maximum absolute atomic E-state index is 11.6. The standard InChI is InChI=1S/C17H16N2.C10H11NO3S.C2H6/c1-12-7-9-14(18-2)11-15(12)17-10-8-13-5-3-4-6-16(13)19-17;12-7-9-1-3-10(4-2-9)11-5-6-14-8-15(11)13;1-2/h3-11,18H,1-2H3;1-4,7H,5-6,8H2;1-2H3. The molecule has 1 fully saturated rings. The molecule has 36 heavy (non-hydrogen) atoms.